The molecule has 1 aliphatic rings. The summed E-state index contributed by atoms with van der Waals surface area (Å²) >= 11 is 0. The van der Waals surface area contributed by atoms with E-state index in [1.54, 1.807) is 17.0 Å². The summed E-state index contributed by atoms with van der Waals surface area (Å²) in [5.74, 6) is -1.36. The molecule has 2 N–H and O–H groups in total. The zero-order valence-electron chi connectivity index (χ0n) is 16.4. The predicted molar refractivity (Wildman–Crippen MR) is 108 cm³/mol. The number of piperazine rings is 1. The molecule has 2 aromatic rings. The van der Waals surface area contributed by atoms with Gasteiger partial charge in [0.1, 0.15) is 5.82 Å². The first kappa shape index (κ1) is 20.6. The lowest BCUT2D eigenvalue weighted by atomic mass is 10.0. The van der Waals surface area contributed by atoms with Gasteiger partial charge in [-0.3, -0.25) is 9.59 Å². The number of nitrogens with zero attached hydrogens (tertiary/aromatic N) is 2. The number of anilines is 1. The quantitative estimate of drug-likeness (QED) is 0.572. The molecular weight excluding hydrogens is 375 g/mol. The van der Waals surface area contributed by atoms with Crippen molar-refractivity contribution in [1.29, 1.82) is 0 Å². The number of hydrogen-bond acceptors (Lipinski definition) is 5. The average Bonchev–Trinajstić information content (AvgIpc) is 2.73. The number of hydrogen-bond donors (Lipinski definition) is 2. The predicted octanol–water partition coefficient (Wildman–Crippen LogP) is 3.57. The Morgan fingerprint density at radius 3 is 2.28 bits per heavy atom. The van der Waals surface area contributed by atoms with Crippen LogP contribution in [0.3, 0.4) is 0 Å². The molecule has 1 aliphatic heterocycles. The topological polar surface area (TPSA) is 81.1 Å². The molecule has 0 saturated carbocycles. The first-order valence-electron chi connectivity index (χ1n) is 9.79. The second-order valence-electron chi connectivity index (χ2n) is 7.18. The van der Waals surface area contributed by atoms with Gasteiger partial charge < -0.3 is 20.0 Å². The van der Waals surface area contributed by atoms with Crippen LogP contribution < -0.4 is 4.90 Å². The normalized spacial score (nSPS) is 14.1. The van der Waals surface area contributed by atoms with Gasteiger partial charge in [-0.15, -0.1) is 0 Å². The number of rotatable bonds is 6. The largest absolute Gasteiger partial charge is 0.504 e. The second kappa shape index (κ2) is 8.94. The van der Waals surface area contributed by atoms with Crippen molar-refractivity contribution in [3.63, 3.8) is 0 Å². The number of carbonyl (C=O) groups excluding carboxylic acids is 2. The van der Waals surface area contributed by atoms with Gasteiger partial charge >= 0.3 is 0 Å². The molecule has 0 bridgehead atoms. The zero-order valence-corrected chi connectivity index (χ0v) is 16.4. The Morgan fingerprint density at radius 2 is 1.66 bits per heavy atom. The number of halogens is 1. The van der Waals surface area contributed by atoms with Gasteiger partial charge in [-0.2, -0.15) is 0 Å². The molecule has 0 aliphatic carbocycles. The molecule has 0 spiro atoms. The number of carbonyl (C=O) groups is 2. The highest BCUT2D eigenvalue weighted by Crippen LogP contribution is 2.27. The van der Waals surface area contributed by atoms with Crippen LogP contribution in [-0.2, 0) is 0 Å². The molecule has 3 rings (SSSR count). The number of aromatic hydroxyl groups is 2. The minimum Gasteiger partial charge on any atom is -0.504 e. The maximum Gasteiger partial charge on any atom is 0.254 e. The van der Waals surface area contributed by atoms with Gasteiger partial charge in [0, 0.05) is 43.7 Å². The van der Waals surface area contributed by atoms with E-state index in [0.717, 1.165) is 12.8 Å². The summed E-state index contributed by atoms with van der Waals surface area (Å²) < 4.78 is 14.6. The molecule has 7 heteroatoms. The first-order valence-corrected chi connectivity index (χ1v) is 9.79. The van der Waals surface area contributed by atoms with E-state index < -0.39 is 5.82 Å². The molecule has 1 saturated heterocycles. The third-order valence-corrected chi connectivity index (χ3v) is 5.16. The van der Waals surface area contributed by atoms with Gasteiger partial charge in [0.25, 0.3) is 5.91 Å². The number of ketones is 1. The lowest BCUT2D eigenvalue weighted by molar-refractivity contribution is 0.0746. The number of benzene rings is 2. The summed E-state index contributed by atoms with van der Waals surface area (Å²) in [5, 5.41) is 19.0. The molecular formula is C22H25FN2O4. The molecule has 1 heterocycles. The Morgan fingerprint density at radius 1 is 0.966 bits per heavy atom. The molecule has 2 aromatic carbocycles. The van der Waals surface area contributed by atoms with Crippen LogP contribution in [0.2, 0.25) is 0 Å². The maximum absolute atomic E-state index is 14.6. The average molecular weight is 400 g/mol. The third kappa shape index (κ3) is 4.67. The van der Waals surface area contributed by atoms with Gasteiger partial charge in [0.15, 0.2) is 17.3 Å². The van der Waals surface area contributed by atoms with E-state index in [-0.39, 0.29) is 28.8 Å². The summed E-state index contributed by atoms with van der Waals surface area (Å²) in [6.07, 6.45) is 2.12. The van der Waals surface area contributed by atoms with Crippen LogP contribution in [0, 0.1) is 5.82 Å². The Kier molecular flexibility index (Phi) is 6.36. The summed E-state index contributed by atoms with van der Waals surface area (Å²) in [6.45, 7) is 3.71. The summed E-state index contributed by atoms with van der Waals surface area (Å²) in [4.78, 5) is 28.1. The molecule has 1 amide bonds. The fraction of sp³-hybridized carbons (Fsp3) is 0.364. The van der Waals surface area contributed by atoms with Gasteiger partial charge in [0.05, 0.1) is 5.69 Å². The Balaban J connectivity index is 1.63. The number of phenolic OH excluding ortho intramolecular Hbond substituents is 2. The van der Waals surface area contributed by atoms with E-state index in [1.165, 1.54) is 24.3 Å². The van der Waals surface area contributed by atoms with Crippen molar-refractivity contribution in [3.05, 3.63) is 53.3 Å². The lowest BCUT2D eigenvalue weighted by Crippen LogP contribution is -2.49. The Hall–Kier alpha value is -3.09. The van der Waals surface area contributed by atoms with Crippen molar-refractivity contribution in [2.24, 2.45) is 0 Å². The lowest BCUT2D eigenvalue weighted by Gasteiger charge is -2.36. The minimum absolute atomic E-state index is 0.0510. The number of phenols is 2. The number of unbranched alkanes of at least 4 members (excludes halogenated alkanes) is 1. The minimum atomic E-state index is -0.435. The van der Waals surface area contributed by atoms with Gasteiger partial charge in [-0.25, -0.2) is 4.39 Å². The van der Waals surface area contributed by atoms with Gasteiger partial charge in [-0.05, 0) is 42.8 Å². The van der Waals surface area contributed by atoms with Crippen LogP contribution in [0.1, 0.15) is 46.9 Å². The van der Waals surface area contributed by atoms with Crippen LogP contribution in [0.5, 0.6) is 11.5 Å². The summed E-state index contributed by atoms with van der Waals surface area (Å²) in [7, 11) is 0. The first-order chi connectivity index (χ1) is 13.9. The maximum atomic E-state index is 14.6. The number of Topliss-reactive ketones (excluding diaryl/α,β-unsaturated/α-hetero) is 1. The number of amides is 1. The van der Waals surface area contributed by atoms with Crippen LogP contribution >= 0.6 is 0 Å². The smallest absolute Gasteiger partial charge is 0.254 e. The van der Waals surface area contributed by atoms with Crippen LogP contribution in [0.4, 0.5) is 10.1 Å². The van der Waals surface area contributed by atoms with Crippen LogP contribution in [0.25, 0.3) is 0 Å². The molecule has 0 unspecified atom stereocenters. The standard InChI is InChI=1S/C22H25FN2O4/c1-2-3-4-19(26)15-5-7-18(17(23)13-15)24-9-11-25(12-10-24)22(29)16-6-8-20(27)21(28)14-16/h5-8,13-14,27-28H,2-4,9-12H2,1H3. The van der Waals surface area contributed by atoms with E-state index >= 15 is 0 Å². The van der Waals surface area contributed by atoms with E-state index in [4.69, 9.17) is 0 Å². The van der Waals surface area contributed by atoms with Crippen molar-refractivity contribution < 1.29 is 24.2 Å². The summed E-state index contributed by atoms with van der Waals surface area (Å²) in [5.41, 5.74) is 1.10. The molecule has 6 nitrogen and oxygen atoms in total. The SMILES string of the molecule is CCCCC(=O)c1ccc(N2CCN(C(=O)c3ccc(O)c(O)c3)CC2)c(F)c1. The third-order valence-electron chi connectivity index (χ3n) is 5.16. The van der Waals surface area contributed by atoms with Crippen molar-refractivity contribution in [2.75, 3.05) is 31.1 Å². The second-order valence-corrected chi connectivity index (χ2v) is 7.18. The van der Waals surface area contributed by atoms with Gasteiger partial charge in [0.2, 0.25) is 0 Å². The highest BCUT2D eigenvalue weighted by Gasteiger charge is 2.24. The van der Waals surface area contributed by atoms with E-state index in [9.17, 15) is 24.2 Å². The molecule has 29 heavy (non-hydrogen) atoms. The Bertz CT molecular complexity index is 908. The molecule has 0 atom stereocenters. The fourth-order valence-corrected chi connectivity index (χ4v) is 3.41. The van der Waals surface area contributed by atoms with Crippen molar-refractivity contribution >= 4 is 17.4 Å². The molecule has 0 radical (unpaired) electrons. The van der Waals surface area contributed by atoms with E-state index in [1.807, 2.05) is 11.8 Å². The molecule has 154 valence electrons. The van der Waals surface area contributed by atoms with Crippen molar-refractivity contribution in [2.45, 2.75) is 26.2 Å². The monoisotopic (exact) mass is 400 g/mol. The van der Waals surface area contributed by atoms with E-state index in [2.05, 4.69) is 0 Å². The van der Waals surface area contributed by atoms with Crippen LogP contribution in [-0.4, -0.2) is 53.0 Å². The fourth-order valence-electron chi connectivity index (χ4n) is 3.41. The summed E-state index contributed by atoms with van der Waals surface area (Å²) in [6, 6.07) is 8.55. The van der Waals surface area contributed by atoms with Crippen molar-refractivity contribution in [3.8, 4) is 11.5 Å². The van der Waals surface area contributed by atoms with Crippen molar-refractivity contribution in [1.82, 2.24) is 4.90 Å². The highest BCUT2D eigenvalue weighted by atomic mass is 19.1. The van der Waals surface area contributed by atoms with E-state index in [0.29, 0.717) is 43.9 Å². The van der Waals surface area contributed by atoms with Crippen LogP contribution in [0.15, 0.2) is 36.4 Å². The Labute approximate surface area is 169 Å². The highest BCUT2D eigenvalue weighted by molar-refractivity contribution is 5.96. The molecule has 0 aromatic heterocycles. The van der Waals surface area contributed by atoms with Gasteiger partial charge in [-0.1, -0.05) is 13.3 Å². The zero-order chi connectivity index (χ0) is 21.0. The molecule has 1 fully saturated rings.